The van der Waals surface area contributed by atoms with E-state index < -0.39 is 15.4 Å². The van der Waals surface area contributed by atoms with Crippen molar-refractivity contribution in [3.63, 3.8) is 0 Å². The van der Waals surface area contributed by atoms with Crippen LogP contribution in [-0.4, -0.2) is 29.4 Å². The second-order valence-electron chi connectivity index (χ2n) is 4.71. The van der Waals surface area contributed by atoms with Crippen LogP contribution in [0.25, 0.3) is 0 Å². The van der Waals surface area contributed by atoms with E-state index in [0.717, 1.165) is 44.9 Å². The summed E-state index contributed by atoms with van der Waals surface area (Å²) in [6, 6.07) is 0. The van der Waals surface area contributed by atoms with E-state index in [0.29, 0.717) is 6.42 Å². The average Bonchev–Trinajstić information content (AvgIpc) is 2.25. The number of unbranched alkanes of at least 4 members (excludes halogenated alkanes) is 4. The fraction of sp³-hybridized carbons (Fsp3) is 1.00. The van der Waals surface area contributed by atoms with Gasteiger partial charge in [-0.15, -0.1) is 0 Å². The molecule has 0 radical (unpaired) electrons. The number of rotatable bonds is 10. The summed E-state index contributed by atoms with van der Waals surface area (Å²) in [5.41, 5.74) is 0. The molecule has 0 rings (SSSR count). The van der Waals surface area contributed by atoms with Crippen LogP contribution in [0.5, 0.6) is 0 Å². The van der Waals surface area contributed by atoms with Gasteiger partial charge < -0.3 is 9.66 Å². The van der Waals surface area contributed by atoms with Crippen LogP contribution in [-0.2, 0) is 10.1 Å². The van der Waals surface area contributed by atoms with Crippen molar-refractivity contribution in [1.29, 1.82) is 0 Å². The molecular weight excluding hydrogens is 279 g/mol. The summed E-state index contributed by atoms with van der Waals surface area (Å²) in [6.45, 7) is 3.44. The summed E-state index contributed by atoms with van der Waals surface area (Å²) < 4.78 is 31.9. The maximum absolute atomic E-state index is 10.6. The van der Waals surface area contributed by atoms with Crippen LogP contribution in [0.15, 0.2) is 0 Å². The van der Waals surface area contributed by atoms with Crippen LogP contribution < -0.4 is 51.4 Å². The van der Waals surface area contributed by atoms with Crippen molar-refractivity contribution >= 4 is 10.1 Å². The minimum absolute atomic E-state index is 0. The van der Waals surface area contributed by atoms with Gasteiger partial charge in [-0.05, 0) is 26.2 Å². The number of hydrogen-bond donors (Lipinski definition) is 1. The third-order valence-electron chi connectivity index (χ3n) is 3.11. The van der Waals surface area contributed by atoms with Gasteiger partial charge in [0.15, 0.2) is 0 Å². The van der Waals surface area contributed by atoms with Crippen molar-refractivity contribution in [3.05, 3.63) is 0 Å². The molecule has 0 spiro atoms. The van der Waals surface area contributed by atoms with Gasteiger partial charge in [-0.2, -0.15) is 0 Å². The van der Waals surface area contributed by atoms with E-state index in [-0.39, 0.29) is 57.5 Å². The van der Waals surface area contributed by atoms with Gasteiger partial charge >= 0.3 is 51.4 Å². The van der Waals surface area contributed by atoms with Crippen LogP contribution in [0.4, 0.5) is 0 Å². The number of aliphatic hydroxyl groups is 1. The Hall–Kier alpha value is 1.51. The van der Waals surface area contributed by atoms with Crippen molar-refractivity contribution in [1.82, 2.24) is 0 Å². The minimum Gasteiger partial charge on any atom is -0.748 e. The van der Waals surface area contributed by atoms with Gasteiger partial charge in [0.05, 0.1) is 16.2 Å². The van der Waals surface area contributed by atoms with Crippen molar-refractivity contribution in [2.24, 2.45) is 0 Å². The first kappa shape index (κ1) is 21.8. The predicted octanol–water partition coefficient (Wildman–Crippen LogP) is -0.574. The molecule has 6 heteroatoms. The Balaban J connectivity index is 0. The fourth-order valence-electron chi connectivity index (χ4n) is 1.69. The Morgan fingerprint density at radius 2 is 1.50 bits per heavy atom. The molecule has 0 aliphatic heterocycles. The molecule has 0 aromatic heterocycles. The summed E-state index contributed by atoms with van der Waals surface area (Å²) in [5, 5.41) is 8.56. The van der Waals surface area contributed by atoms with Crippen LogP contribution in [0.3, 0.4) is 0 Å². The fourth-order valence-corrected chi connectivity index (χ4v) is 2.15. The van der Waals surface area contributed by atoms with Gasteiger partial charge in [0, 0.05) is 5.25 Å². The summed E-state index contributed by atoms with van der Waals surface area (Å²) >= 11 is 0. The summed E-state index contributed by atoms with van der Waals surface area (Å²) in [5.74, 6) is 0. The molecule has 0 saturated carbocycles. The molecule has 18 heavy (non-hydrogen) atoms. The monoisotopic (exact) mass is 304 g/mol. The third-order valence-corrected chi connectivity index (χ3v) is 4.33. The van der Waals surface area contributed by atoms with E-state index in [2.05, 4.69) is 0 Å². The van der Waals surface area contributed by atoms with Crippen LogP contribution in [0.2, 0.25) is 0 Å². The maximum Gasteiger partial charge on any atom is 1.00 e. The van der Waals surface area contributed by atoms with E-state index in [1.54, 1.807) is 0 Å². The van der Waals surface area contributed by atoms with E-state index in [9.17, 15) is 18.1 Å². The standard InChI is InChI=1S/C12H26O4S.K/c1-3-12(13)10-8-6-4-5-7-9-11(2)17(14,15)16;/h11-13H,3-10H2,1-2H3,(H,14,15,16);/q;+1/p-1. The SMILES string of the molecule is CCC(O)CCCCCCCC(C)S(=O)(=O)[O-].[K+]. The number of aliphatic hydroxyl groups excluding tert-OH is 1. The first-order valence-corrected chi connectivity index (χ1v) is 7.97. The van der Waals surface area contributed by atoms with Crippen molar-refractivity contribution < 1.29 is 69.5 Å². The Morgan fingerprint density at radius 3 is 1.94 bits per heavy atom. The zero-order chi connectivity index (χ0) is 13.3. The molecule has 0 aromatic carbocycles. The predicted molar refractivity (Wildman–Crippen MR) is 67.8 cm³/mol. The molecule has 1 N–H and O–H groups in total. The topological polar surface area (TPSA) is 77.4 Å². The molecule has 0 amide bonds. The van der Waals surface area contributed by atoms with Crippen LogP contribution in [0.1, 0.15) is 65.2 Å². The molecule has 0 saturated heterocycles. The molecule has 104 valence electrons. The zero-order valence-corrected chi connectivity index (χ0v) is 15.8. The van der Waals surface area contributed by atoms with Crippen LogP contribution >= 0.6 is 0 Å². The van der Waals surface area contributed by atoms with E-state index in [1.807, 2.05) is 6.92 Å². The Labute approximate surface area is 154 Å². The smallest absolute Gasteiger partial charge is 0.748 e. The molecule has 4 nitrogen and oxygen atoms in total. The Bertz CT molecular complexity index is 280. The molecule has 0 fully saturated rings. The zero-order valence-electron chi connectivity index (χ0n) is 11.9. The van der Waals surface area contributed by atoms with E-state index in [4.69, 9.17) is 0 Å². The molecule has 0 aromatic rings. The van der Waals surface area contributed by atoms with E-state index >= 15 is 0 Å². The third kappa shape index (κ3) is 12.5. The van der Waals surface area contributed by atoms with Crippen molar-refractivity contribution in [3.8, 4) is 0 Å². The van der Waals surface area contributed by atoms with Gasteiger partial charge in [-0.1, -0.05) is 39.0 Å². The Kier molecular flexibility index (Phi) is 14.9. The normalized spacial score (nSPS) is 14.9. The summed E-state index contributed by atoms with van der Waals surface area (Å²) in [4.78, 5) is 0. The molecule has 0 aliphatic rings. The molecular formula is C12H25KO4S. The maximum atomic E-state index is 10.6. The van der Waals surface area contributed by atoms with Crippen LogP contribution in [0, 0.1) is 0 Å². The van der Waals surface area contributed by atoms with Gasteiger partial charge in [0.1, 0.15) is 0 Å². The molecule has 2 atom stereocenters. The van der Waals surface area contributed by atoms with Gasteiger partial charge in [0.25, 0.3) is 0 Å². The van der Waals surface area contributed by atoms with E-state index in [1.165, 1.54) is 6.92 Å². The van der Waals surface area contributed by atoms with Crippen molar-refractivity contribution in [2.75, 3.05) is 0 Å². The second kappa shape index (κ2) is 12.3. The quantitative estimate of drug-likeness (QED) is 0.333. The second-order valence-corrected chi connectivity index (χ2v) is 6.50. The van der Waals surface area contributed by atoms with Gasteiger partial charge in [-0.25, -0.2) is 8.42 Å². The van der Waals surface area contributed by atoms with Crippen molar-refractivity contribution in [2.45, 2.75) is 76.6 Å². The molecule has 0 aliphatic carbocycles. The molecule has 2 unspecified atom stereocenters. The number of hydrogen-bond acceptors (Lipinski definition) is 4. The van der Waals surface area contributed by atoms with Gasteiger partial charge in [-0.3, -0.25) is 0 Å². The first-order chi connectivity index (χ1) is 7.88. The Morgan fingerprint density at radius 1 is 1.06 bits per heavy atom. The largest absolute Gasteiger partial charge is 1.00 e. The van der Waals surface area contributed by atoms with Gasteiger partial charge in [0.2, 0.25) is 0 Å². The summed E-state index contributed by atoms with van der Waals surface area (Å²) in [6.07, 6.45) is 6.81. The minimum atomic E-state index is -4.10. The molecule has 0 heterocycles. The summed E-state index contributed by atoms with van der Waals surface area (Å²) in [7, 11) is -4.10. The molecule has 0 bridgehead atoms. The first-order valence-electron chi connectivity index (χ1n) is 6.50. The average molecular weight is 304 g/mol.